The second-order valence-electron chi connectivity index (χ2n) is 2.44. The van der Waals surface area contributed by atoms with Crippen LogP contribution in [0.4, 0.5) is 5.95 Å². The molecule has 10 heavy (non-hydrogen) atoms. The van der Waals surface area contributed by atoms with Crippen molar-refractivity contribution in [3.63, 3.8) is 0 Å². The fourth-order valence-corrected chi connectivity index (χ4v) is 1.00. The molecule has 0 aromatic carbocycles. The van der Waals surface area contributed by atoms with E-state index < -0.39 is 0 Å². The van der Waals surface area contributed by atoms with Crippen LogP contribution < -0.4 is 5.73 Å². The van der Waals surface area contributed by atoms with Gasteiger partial charge >= 0.3 is 0 Å². The van der Waals surface area contributed by atoms with Crippen LogP contribution in [0, 0.1) is 6.92 Å². The van der Waals surface area contributed by atoms with Crippen LogP contribution in [0.15, 0.2) is 0 Å². The molecule has 3 N–H and O–H groups in total. The lowest BCUT2D eigenvalue weighted by molar-refractivity contribution is 0.883. The Hall–Kier alpha value is -0.990. The predicted octanol–water partition coefficient (Wildman–Crippen LogP) is 1.25. The topological polar surface area (TPSA) is 54.7 Å². The Balaban J connectivity index is 2.81. The van der Waals surface area contributed by atoms with Crippen molar-refractivity contribution in [2.75, 3.05) is 5.73 Å². The molecule has 0 aliphatic carbocycles. The molecular weight excluding hydrogens is 126 g/mol. The Morgan fingerprint density at radius 1 is 1.60 bits per heavy atom. The first-order valence-electron chi connectivity index (χ1n) is 3.55. The summed E-state index contributed by atoms with van der Waals surface area (Å²) in [6, 6.07) is 0. The average molecular weight is 139 g/mol. The summed E-state index contributed by atoms with van der Waals surface area (Å²) >= 11 is 0. The van der Waals surface area contributed by atoms with Gasteiger partial charge < -0.3 is 10.7 Å². The molecule has 1 aromatic rings. The van der Waals surface area contributed by atoms with Crippen LogP contribution in [0.1, 0.15) is 24.7 Å². The van der Waals surface area contributed by atoms with Crippen molar-refractivity contribution in [1.82, 2.24) is 9.97 Å². The van der Waals surface area contributed by atoms with Gasteiger partial charge in [-0.2, -0.15) is 0 Å². The minimum atomic E-state index is 0.529. The van der Waals surface area contributed by atoms with Gasteiger partial charge in [-0.3, -0.25) is 0 Å². The van der Waals surface area contributed by atoms with Gasteiger partial charge in [-0.1, -0.05) is 13.3 Å². The number of nitrogens with zero attached hydrogens (tertiary/aromatic N) is 1. The standard InChI is InChI=1S/C7H13N3/c1-3-4-6-5(2)9-7(8)10-6/h3-4H2,1-2H3,(H3,8,9,10). The molecule has 0 unspecified atom stereocenters. The van der Waals surface area contributed by atoms with E-state index in [0.29, 0.717) is 5.95 Å². The molecule has 0 amide bonds. The number of aromatic amines is 1. The highest BCUT2D eigenvalue weighted by atomic mass is 15.0. The lowest BCUT2D eigenvalue weighted by atomic mass is 10.2. The highest BCUT2D eigenvalue weighted by Gasteiger charge is 2.01. The number of aromatic nitrogens is 2. The Kier molecular flexibility index (Phi) is 1.94. The third-order valence-corrected chi connectivity index (χ3v) is 1.49. The predicted molar refractivity (Wildman–Crippen MR) is 41.7 cm³/mol. The molecule has 3 nitrogen and oxygen atoms in total. The SMILES string of the molecule is CCCc1nc(N)[nH]c1C. The molecule has 1 heterocycles. The van der Waals surface area contributed by atoms with Crippen molar-refractivity contribution in [2.45, 2.75) is 26.7 Å². The van der Waals surface area contributed by atoms with Crippen LogP contribution in [-0.4, -0.2) is 9.97 Å². The lowest BCUT2D eigenvalue weighted by Crippen LogP contribution is -1.87. The summed E-state index contributed by atoms with van der Waals surface area (Å²) in [5, 5.41) is 0. The van der Waals surface area contributed by atoms with E-state index in [-0.39, 0.29) is 0 Å². The Labute approximate surface area is 60.7 Å². The largest absolute Gasteiger partial charge is 0.369 e. The van der Waals surface area contributed by atoms with E-state index in [4.69, 9.17) is 5.73 Å². The second kappa shape index (κ2) is 2.73. The quantitative estimate of drug-likeness (QED) is 0.648. The van der Waals surface area contributed by atoms with Crippen LogP contribution in [0.2, 0.25) is 0 Å². The molecule has 3 heteroatoms. The fraction of sp³-hybridized carbons (Fsp3) is 0.571. The van der Waals surface area contributed by atoms with Crippen LogP contribution in [-0.2, 0) is 6.42 Å². The van der Waals surface area contributed by atoms with Gasteiger partial charge in [0.05, 0.1) is 5.69 Å². The Morgan fingerprint density at radius 3 is 2.70 bits per heavy atom. The first-order valence-corrected chi connectivity index (χ1v) is 3.55. The molecule has 0 bridgehead atoms. The number of imidazole rings is 1. The number of nitrogens with one attached hydrogen (secondary N) is 1. The van der Waals surface area contributed by atoms with Crippen LogP contribution in [0.25, 0.3) is 0 Å². The molecule has 0 spiro atoms. The second-order valence-corrected chi connectivity index (χ2v) is 2.44. The van der Waals surface area contributed by atoms with E-state index in [1.54, 1.807) is 0 Å². The molecule has 0 saturated carbocycles. The minimum Gasteiger partial charge on any atom is -0.369 e. The number of nitrogen functional groups attached to an aromatic ring is 1. The summed E-state index contributed by atoms with van der Waals surface area (Å²) in [6.07, 6.45) is 2.13. The maximum absolute atomic E-state index is 5.44. The Bertz CT molecular complexity index is 215. The molecule has 1 rings (SSSR count). The normalized spacial score (nSPS) is 10.2. The molecule has 0 atom stereocenters. The number of hydrogen-bond donors (Lipinski definition) is 2. The minimum absolute atomic E-state index is 0.529. The zero-order valence-corrected chi connectivity index (χ0v) is 6.44. The van der Waals surface area contributed by atoms with Gasteiger partial charge in [0, 0.05) is 5.69 Å². The van der Waals surface area contributed by atoms with Crippen molar-refractivity contribution < 1.29 is 0 Å². The van der Waals surface area contributed by atoms with Crippen LogP contribution in [0.3, 0.4) is 0 Å². The molecular formula is C7H13N3. The zero-order chi connectivity index (χ0) is 7.56. The van der Waals surface area contributed by atoms with E-state index in [2.05, 4.69) is 16.9 Å². The van der Waals surface area contributed by atoms with Gasteiger partial charge in [-0.25, -0.2) is 4.98 Å². The van der Waals surface area contributed by atoms with Crippen molar-refractivity contribution >= 4 is 5.95 Å². The van der Waals surface area contributed by atoms with Gasteiger partial charge in [0.2, 0.25) is 0 Å². The first kappa shape index (κ1) is 7.12. The fourth-order valence-electron chi connectivity index (χ4n) is 1.00. The zero-order valence-electron chi connectivity index (χ0n) is 6.44. The Morgan fingerprint density at radius 2 is 2.30 bits per heavy atom. The van der Waals surface area contributed by atoms with E-state index in [1.165, 1.54) is 0 Å². The number of anilines is 1. The molecule has 0 radical (unpaired) electrons. The lowest BCUT2D eigenvalue weighted by Gasteiger charge is -1.90. The van der Waals surface area contributed by atoms with Crippen LogP contribution >= 0.6 is 0 Å². The van der Waals surface area contributed by atoms with E-state index in [1.807, 2.05) is 6.92 Å². The molecule has 1 aromatic heterocycles. The molecule has 0 saturated heterocycles. The highest BCUT2D eigenvalue weighted by molar-refractivity contribution is 5.24. The van der Waals surface area contributed by atoms with Crippen molar-refractivity contribution in [3.8, 4) is 0 Å². The summed E-state index contributed by atoms with van der Waals surface area (Å²) in [6.45, 7) is 4.12. The average Bonchev–Trinajstić information content (AvgIpc) is 2.13. The van der Waals surface area contributed by atoms with E-state index in [9.17, 15) is 0 Å². The van der Waals surface area contributed by atoms with E-state index in [0.717, 1.165) is 24.2 Å². The summed E-state index contributed by atoms with van der Waals surface area (Å²) in [4.78, 5) is 7.08. The third-order valence-electron chi connectivity index (χ3n) is 1.49. The van der Waals surface area contributed by atoms with Gasteiger partial charge in [0.25, 0.3) is 0 Å². The molecule has 0 fully saturated rings. The first-order chi connectivity index (χ1) is 4.74. The van der Waals surface area contributed by atoms with Crippen molar-refractivity contribution in [1.29, 1.82) is 0 Å². The maximum atomic E-state index is 5.44. The molecule has 56 valence electrons. The summed E-state index contributed by atoms with van der Waals surface area (Å²) in [5.74, 6) is 0.529. The van der Waals surface area contributed by atoms with Gasteiger partial charge in [-0.05, 0) is 13.3 Å². The number of H-pyrrole nitrogens is 1. The maximum Gasteiger partial charge on any atom is 0.197 e. The number of nitrogens with two attached hydrogens (primary N) is 1. The number of rotatable bonds is 2. The van der Waals surface area contributed by atoms with E-state index >= 15 is 0 Å². The summed E-state index contributed by atoms with van der Waals surface area (Å²) < 4.78 is 0. The van der Waals surface area contributed by atoms with Crippen molar-refractivity contribution in [3.05, 3.63) is 11.4 Å². The monoisotopic (exact) mass is 139 g/mol. The van der Waals surface area contributed by atoms with Gasteiger partial charge in [0.15, 0.2) is 5.95 Å². The number of aryl methyl sites for hydroxylation is 2. The number of hydrogen-bond acceptors (Lipinski definition) is 2. The van der Waals surface area contributed by atoms with Crippen molar-refractivity contribution in [2.24, 2.45) is 0 Å². The molecule has 0 aliphatic heterocycles. The molecule has 0 aliphatic rings. The van der Waals surface area contributed by atoms with Gasteiger partial charge in [0.1, 0.15) is 0 Å². The third kappa shape index (κ3) is 1.29. The summed E-state index contributed by atoms with van der Waals surface area (Å²) in [7, 11) is 0. The van der Waals surface area contributed by atoms with Crippen LogP contribution in [0.5, 0.6) is 0 Å². The smallest absolute Gasteiger partial charge is 0.197 e. The summed E-state index contributed by atoms with van der Waals surface area (Å²) in [5.41, 5.74) is 7.64. The highest BCUT2D eigenvalue weighted by Crippen LogP contribution is 2.07. The van der Waals surface area contributed by atoms with Gasteiger partial charge in [-0.15, -0.1) is 0 Å².